The number of anilines is 3. The van der Waals surface area contributed by atoms with E-state index in [4.69, 9.17) is 10.7 Å². The number of carbonyl (C=O) groups excluding carboxylic acids is 1. The molecule has 5 rings (SSSR count). The van der Waals surface area contributed by atoms with Crippen LogP contribution >= 0.6 is 0 Å². The summed E-state index contributed by atoms with van der Waals surface area (Å²) in [6.07, 6.45) is 2.91. The van der Waals surface area contributed by atoms with Gasteiger partial charge in [-0.3, -0.25) is 4.79 Å². The van der Waals surface area contributed by atoms with Gasteiger partial charge in [-0.1, -0.05) is 30.3 Å². The number of nitrogens with zero attached hydrogens (tertiary/aromatic N) is 6. The molecule has 1 atom stereocenters. The van der Waals surface area contributed by atoms with Crippen molar-refractivity contribution < 1.29 is 13.6 Å². The molecular formula is C29H28F2N10O. The third kappa shape index (κ3) is 6.39. The van der Waals surface area contributed by atoms with E-state index in [9.17, 15) is 18.8 Å². The number of carbonyl (C=O) groups is 1. The van der Waals surface area contributed by atoms with Crippen LogP contribution in [0.2, 0.25) is 0 Å². The van der Waals surface area contributed by atoms with Gasteiger partial charge in [0.25, 0.3) is 5.91 Å². The van der Waals surface area contributed by atoms with Crippen molar-refractivity contribution in [3.05, 3.63) is 89.0 Å². The average molecular weight is 571 g/mol. The van der Waals surface area contributed by atoms with E-state index < -0.39 is 23.6 Å². The van der Waals surface area contributed by atoms with Gasteiger partial charge in [0.05, 0.1) is 24.1 Å². The van der Waals surface area contributed by atoms with Crippen molar-refractivity contribution in [2.75, 3.05) is 42.1 Å². The molecule has 0 bridgehead atoms. The van der Waals surface area contributed by atoms with Crippen LogP contribution in [0.1, 0.15) is 40.3 Å². The molecule has 2 aromatic carbocycles. The minimum absolute atomic E-state index is 0.0414. The quantitative estimate of drug-likeness (QED) is 0.248. The van der Waals surface area contributed by atoms with Gasteiger partial charge in [0, 0.05) is 38.3 Å². The van der Waals surface area contributed by atoms with Crippen molar-refractivity contribution in [3.63, 3.8) is 0 Å². The fraction of sp³-hybridized carbons (Fsp3) is 0.241. The first kappa shape index (κ1) is 28.3. The average Bonchev–Trinajstić information content (AvgIpc) is 3.02. The highest BCUT2D eigenvalue weighted by Gasteiger charge is 2.20. The number of aromatic nitrogens is 4. The number of nitrogen functional groups attached to an aromatic ring is 1. The minimum atomic E-state index is -1.02. The van der Waals surface area contributed by atoms with Crippen LogP contribution in [0.3, 0.4) is 0 Å². The number of nitriles is 1. The number of amides is 1. The fourth-order valence-electron chi connectivity index (χ4n) is 4.48. The summed E-state index contributed by atoms with van der Waals surface area (Å²) < 4.78 is 27.0. The second-order valence-electron chi connectivity index (χ2n) is 9.68. The molecule has 3 heterocycles. The molecule has 1 amide bonds. The van der Waals surface area contributed by atoms with Crippen molar-refractivity contribution in [3.8, 4) is 17.3 Å². The normalized spacial score (nSPS) is 13.7. The maximum absolute atomic E-state index is 13.7. The third-order valence-corrected chi connectivity index (χ3v) is 6.80. The van der Waals surface area contributed by atoms with Crippen molar-refractivity contribution in [2.24, 2.45) is 0 Å². The first-order chi connectivity index (χ1) is 20.3. The first-order valence-electron chi connectivity index (χ1n) is 13.3. The molecule has 214 valence electrons. The molecule has 1 saturated heterocycles. The molecule has 4 aromatic rings. The maximum Gasteiger partial charge on any atom is 0.274 e. The summed E-state index contributed by atoms with van der Waals surface area (Å²) in [5.41, 5.74) is 8.79. The Morgan fingerprint density at radius 1 is 1.10 bits per heavy atom. The molecule has 1 fully saturated rings. The molecule has 1 aliphatic heterocycles. The predicted octanol–water partition coefficient (Wildman–Crippen LogP) is 3.18. The molecule has 0 radical (unpaired) electrons. The SMILES string of the molecule is C[C@H](NC(=O)c1nc(C#N)cnc1NCc1ccc(-c2cnc(N)c(N3CCNCC3)n2)cc1)c1ccc(F)c(F)c1. The second kappa shape index (κ2) is 12.5. The van der Waals surface area contributed by atoms with Crippen molar-refractivity contribution in [1.29, 1.82) is 5.26 Å². The van der Waals surface area contributed by atoms with Gasteiger partial charge in [0.15, 0.2) is 40.5 Å². The topological polar surface area (TPSA) is 158 Å². The molecule has 2 aromatic heterocycles. The van der Waals surface area contributed by atoms with Crippen LogP contribution in [-0.2, 0) is 6.54 Å². The summed E-state index contributed by atoms with van der Waals surface area (Å²) in [5.74, 6) is -1.40. The Hall–Kier alpha value is -5.22. The Balaban J connectivity index is 1.29. The highest BCUT2D eigenvalue weighted by atomic mass is 19.2. The summed E-state index contributed by atoms with van der Waals surface area (Å²) in [4.78, 5) is 32.6. The summed E-state index contributed by atoms with van der Waals surface area (Å²) >= 11 is 0. The smallest absolute Gasteiger partial charge is 0.274 e. The van der Waals surface area contributed by atoms with E-state index in [1.165, 1.54) is 12.3 Å². The number of nitrogens with two attached hydrogens (primary N) is 1. The molecule has 0 unspecified atom stereocenters. The van der Waals surface area contributed by atoms with Crippen LogP contribution in [0.15, 0.2) is 54.9 Å². The van der Waals surface area contributed by atoms with Gasteiger partial charge >= 0.3 is 0 Å². The molecule has 0 spiro atoms. The molecule has 13 heteroatoms. The summed E-state index contributed by atoms with van der Waals surface area (Å²) in [7, 11) is 0. The van der Waals surface area contributed by atoms with E-state index in [0.717, 1.165) is 49.4 Å². The van der Waals surface area contributed by atoms with Gasteiger partial charge in [0.2, 0.25) is 0 Å². The van der Waals surface area contributed by atoms with E-state index in [1.807, 2.05) is 30.3 Å². The van der Waals surface area contributed by atoms with Crippen LogP contribution in [0, 0.1) is 23.0 Å². The van der Waals surface area contributed by atoms with Crippen LogP contribution in [0.25, 0.3) is 11.3 Å². The van der Waals surface area contributed by atoms with Gasteiger partial charge < -0.3 is 26.6 Å². The Morgan fingerprint density at radius 2 is 1.86 bits per heavy atom. The van der Waals surface area contributed by atoms with Crippen molar-refractivity contribution in [1.82, 2.24) is 30.6 Å². The predicted molar refractivity (Wildman–Crippen MR) is 153 cm³/mol. The van der Waals surface area contributed by atoms with Gasteiger partial charge in [0.1, 0.15) is 6.07 Å². The molecule has 0 saturated carbocycles. The molecular weight excluding hydrogens is 542 g/mol. The zero-order valence-electron chi connectivity index (χ0n) is 22.7. The lowest BCUT2D eigenvalue weighted by Crippen LogP contribution is -2.44. The summed E-state index contributed by atoms with van der Waals surface area (Å²) in [6.45, 7) is 5.24. The van der Waals surface area contributed by atoms with E-state index in [-0.39, 0.29) is 17.2 Å². The lowest BCUT2D eigenvalue weighted by molar-refractivity contribution is 0.0935. The Labute approximate surface area is 240 Å². The van der Waals surface area contributed by atoms with Crippen molar-refractivity contribution in [2.45, 2.75) is 19.5 Å². The lowest BCUT2D eigenvalue weighted by atomic mass is 10.1. The molecule has 11 nitrogen and oxygen atoms in total. The van der Waals surface area contributed by atoms with E-state index in [1.54, 1.807) is 13.1 Å². The lowest BCUT2D eigenvalue weighted by Gasteiger charge is -2.29. The number of rotatable bonds is 8. The third-order valence-electron chi connectivity index (χ3n) is 6.80. The van der Waals surface area contributed by atoms with Gasteiger partial charge in [-0.15, -0.1) is 0 Å². The second-order valence-corrected chi connectivity index (χ2v) is 9.68. The Morgan fingerprint density at radius 3 is 2.57 bits per heavy atom. The molecule has 1 aliphatic rings. The highest BCUT2D eigenvalue weighted by Crippen LogP contribution is 2.25. The Kier molecular flexibility index (Phi) is 8.44. The summed E-state index contributed by atoms with van der Waals surface area (Å²) in [6, 6.07) is 12.3. The Bertz CT molecular complexity index is 1630. The molecule has 5 N–H and O–H groups in total. The number of hydrogen-bond acceptors (Lipinski definition) is 10. The van der Waals surface area contributed by atoms with E-state index in [0.29, 0.717) is 29.4 Å². The van der Waals surface area contributed by atoms with Crippen LogP contribution in [0.4, 0.5) is 26.2 Å². The molecule has 42 heavy (non-hydrogen) atoms. The zero-order chi connectivity index (χ0) is 29.6. The zero-order valence-corrected chi connectivity index (χ0v) is 22.7. The largest absolute Gasteiger partial charge is 0.381 e. The monoisotopic (exact) mass is 570 g/mol. The first-order valence-corrected chi connectivity index (χ1v) is 13.3. The van der Waals surface area contributed by atoms with Crippen LogP contribution in [0.5, 0.6) is 0 Å². The van der Waals surface area contributed by atoms with Crippen LogP contribution in [-0.4, -0.2) is 52.0 Å². The van der Waals surface area contributed by atoms with Crippen molar-refractivity contribution >= 4 is 23.4 Å². The van der Waals surface area contributed by atoms with Gasteiger partial charge in [-0.2, -0.15) is 5.26 Å². The standard InChI is InChI=1S/C29H28F2N10O/c1-17(20-6-7-22(30)23(31)12-20)38-29(42)25-27(37-15-21(13-32)39-25)36-14-18-2-4-19(5-3-18)24-16-35-26(33)28(40-24)41-10-8-34-9-11-41/h2-7,12,15-17,34H,8-11,14H2,1H3,(H2,33,35)(H,36,37)(H,38,42)/t17-/m0/s1. The molecule has 0 aliphatic carbocycles. The highest BCUT2D eigenvalue weighted by molar-refractivity contribution is 5.97. The maximum atomic E-state index is 13.7. The number of nitrogens with one attached hydrogen (secondary N) is 3. The van der Waals surface area contributed by atoms with Gasteiger partial charge in [-0.25, -0.2) is 28.7 Å². The van der Waals surface area contributed by atoms with E-state index >= 15 is 0 Å². The number of benzene rings is 2. The number of halogens is 2. The summed E-state index contributed by atoms with van der Waals surface area (Å²) in [5, 5.41) is 18.4. The number of hydrogen-bond donors (Lipinski definition) is 4. The fourth-order valence-corrected chi connectivity index (χ4v) is 4.48. The minimum Gasteiger partial charge on any atom is -0.381 e. The van der Waals surface area contributed by atoms with Gasteiger partial charge in [-0.05, 0) is 30.2 Å². The van der Waals surface area contributed by atoms with Crippen LogP contribution < -0.4 is 26.6 Å². The number of piperazine rings is 1. The van der Waals surface area contributed by atoms with E-state index in [2.05, 4.69) is 35.8 Å².